The summed E-state index contributed by atoms with van der Waals surface area (Å²) in [6, 6.07) is 12.7. The van der Waals surface area contributed by atoms with Gasteiger partial charge >= 0.3 is 0 Å². The third-order valence-corrected chi connectivity index (χ3v) is 3.19. The van der Waals surface area contributed by atoms with Gasteiger partial charge in [-0.25, -0.2) is 0 Å². The van der Waals surface area contributed by atoms with Crippen LogP contribution in [0.2, 0.25) is 0 Å². The van der Waals surface area contributed by atoms with Gasteiger partial charge in [0.25, 0.3) is 11.6 Å². The largest absolute Gasteiger partial charge is 0.491 e. The van der Waals surface area contributed by atoms with Gasteiger partial charge in [-0.1, -0.05) is 18.2 Å². The van der Waals surface area contributed by atoms with Crippen LogP contribution in [0.4, 0.5) is 11.4 Å². The van der Waals surface area contributed by atoms with Gasteiger partial charge in [0.05, 0.1) is 23.3 Å². The van der Waals surface area contributed by atoms with Gasteiger partial charge in [-0.2, -0.15) is 0 Å². The van der Waals surface area contributed by atoms with Crippen molar-refractivity contribution >= 4 is 34.6 Å². The first-order valence-electron chi connectivity index (χ1n) is 7.10. The van der Waals surface area contributed by atoms with Crippen molar-refractivity contribution in [1.29, 1.82) is 0 Å². The number of carbonyl (C=O) groups is 1. The van der Waals surface area contributed by atoms with Gasteiger partial charge < -0.3 is 10.1 Å². The average molecular weight is 345 g/mol. The second-order valence-electron chi connectivity index (χ2n) is 4.64. The number of amides is 1. The van der Waals surface area contributed by atoms with Crippen LogP contribution in [-0.2, 0) is 0 Å². The number of nitrogens with zero attached hydrogens (tertiary/aromatic N) is 1. The molecule has 0 heterocycles. The monoisotopic (exact) mass is 345 g/mol. The van der Waals surface area contributed by atoms with Crippen molar-refractivity contribution in [2.75, 3.05) is 11.9 Å². The molecule has 0 saturated heterocycles. The maximum atomic E-state index is 12.0. The molecule has 0 aliphatic carbocycles. The second-order valence-corrected chi connectivity index (χ2v) is 5.05. The first kappa shape index (κ1) is 17.4. The molecular weight excluding hydrogens is 330 g/mol. The number of rotatable bonds is 5. The topological polar surface area (TPSA) is 93.5 Å². The van der Waals surface area contributed by atoms with Crippen molar-refractivity contribution in [2.45, 2.75) is 6.92 Å². The van der Waals surface area contributed by atoms with Gasteiger partial charge in [0.15, 0.2) is 5.11 Å². The fourth-order valence-corrected chi connectivity index (χ4v) is 2.12. The smallest absolute Gasteiger partial charge is 0.273 e. The van der Waals surface area contributed by atoms with Crippen LogP contribution < -0.4 is 15.4 Å². The van der Waals surface area contributed by atoms with Crippen molar-refractivity contribution in [3.8, 4) is 5.75 Å². The fraction of sp³-hybridized carbons (Fsp3) is 0.125. The summed E-state index contributed by atoms with van der Waals surface area (Å²) in [6.07, 6.45) is 0. The number of anilines is 1. The fourth-order valence-electron chi connectivity index (χ4n) is 1.92. The van der Waals surface area contributed by atoms with E-state index in [-0.39, 0.29) is 22.5 Å². The van der Waals surface area contributed by atoms with E-state index < -0.39 is 4.92 Å². The van der Waals surface area contributed by atoms with Crippen LogP contribution in [-0.4, -0.2) is 22.5 Å². The van der Waals surface area contributed by atoms with Gasteiger partial charge in [-0.15, -0.1) is 0 Å². The van der Waals surface area contributed by atoms with E-state index in [0.717, 1.165) is 0 Å². The van der Waals surface area contributed by atoms with Crippen LogP contribution in [0.5, 0.6) is 5.75 Å². The molecule has 2 N–H and O–H groups in total. The minimum Gasteiger partial charge on any atom is -0.491 e. The predicted molar refractivity (Wildman–Crippen MR) is 94.4 cm³/mol. The van der Waals surface area contributed by atoms with E-state index in [2.05, 4.69) is 10.6 Å². The summed E-state index contributed by atoms with van der Waals surface area (Å²) in [5.74, 6) is -0.0732. The second kappa shape index (κ2) is 8.02. The van der Waals surface area contributed by atoms with Gasteiger partial charge in [-0.3, -0.25) is 20.2 Å². The van der Waals surface area contributed by atoms with E-state index in [9.17, 15) is 14.9 Å². The Balaban J connectivity index is 2.10. The molecule has 0 fully saturated rings. The van der Waals surface area contributed by atoms with Crippen molar-refractivity contribution in [3.63, 3.8) is 0 Å². The Morgan fingerprint density at radius 2 is 1.96 bits per heavy atom. The number of benzene rings is 2. The highest BCUT2D eigenvalue weighted by Crippen LogP contribution is 2.29. The molecule has 0 aliphatic rings. The Bertz CT molecular complexity index is 765. The zero-order valence-corrected chi connectivity index (χ0v) is 13.6. The van der Waals surface area contributed by atoms with Crippen LogP contribution in [0.1, 0.15) is 17.3 Å². The number of ether oxygens (including phenoxy) is 1. The number of thiocarbonyl (C=S) groups is 1. The molecule has 1 amide bonds. The SMILES string of the molecule is CCOc1cc([N+](=O)[O-])ccc1NC(=S)NC(=O)c1ccccc1. The Morgan fingerprint density at radius 1 is 1.25 bits per heavy atom. The van der Waals surface area contributed by atoms with Crippen molar-refractivity contribution in [2.24, 2.45) is 0 Å². The van der Waals surface area contributed by atoms with Gasteiger partial charge in [0.1, 0.15) is 5.75 Å². The lowest BCUT2D eigenvalue weighted by atomic mass is 10.2. The lowest BCUT2D eigenvalue weighted by molar-refractivity contribution is -0.384. The highest BCUT2D eigenvalue weighted by Gasteiger charge is 2.14. The molecule has 0 aromatic heterocycles. The summed E-state index contributed by atoms with van der Waals surface area (Å²) in [5.41, 5.74) is 0.805. The maximum Gasteiger partial charge on any atom is 0.273 e. The zero-order valence-electron chi connectivity index (χ0n) is 12.8. The Hall–Kier alpha value is -3.00. The first-order valence-corrected chi connectivity index (χ1v) is 7.50. The molecule has 24 heavy (non-hydrogen) atoms. The molecule has 0 aliphatic heterocycles. The van der Waals surface area contributed by atoms with E-state index in [1.165, 1.54) is 18.2 Å². The van der Waals surface area contributed by atoms with Crippen LogP contribution in [0.15, 0.2) is 48.5 Å². The number of nitro benzene ring substituents is 1. The Labute approximate surface area is 143 Å². The first-order chi connectivity index (χ1) is 11.5. The average Bonchev–Trinajstić information content (AvgIpc) is 2.57. The number of hydrogen-bond donors (Lipinski definition) is 2. The minimum absolute atomic E-state index is 0.0682. The summed E-state index contributed by atoms with van der Waals surface area (Å²) >= 11 is 5.11. The van der Waals surface area contributed by atoms with Crippen molar-refractivity contribution < 1.29 is 14.5 Å². The van der Waals surface area contributed by atoms with E-state index in [4.69, 9.17) is 17.0 Å². The molecule has 0 atom stereocenters. The molecule has 124 valence electrons. The summed E-state index contributed by atoms with van der Waals surface area (Å²) in [5, 5.41) is 16.3. The van der Waals surface area contributed by atoms with Crippen LogP contribution >= 0.6 is 12.2 Å². The molecule has 0 saturated carbocycles. The number of non-ortho nitro benzene ring substituents is 1. The molecule has 0 unspecified atom stereocenters. The van der Waals surface area contributed by atoms with Gasteiger partial charge in [-0.05, 0) is 37.3 Å². The quantitative estimate of drug-likeness (QED) is 0.491. The molecule has 2 aromatic rings. The predicted octanol–water partition coefficient (Wildman–Crippen LogP) is 3.12. The van der Waals surface area contributed by atoms with Crippen LogP contribution in [0.25, 0.3) is 0 Å². The molecule has 2 rings (SSSR count). The zero-order chi connectivity index (χ0) is 17.5. The Morgan fingerprint density at radius 3 is 2.58 bits per heavy atom. The number of nitrogens with one attached hydrogen (secondary N) is 2. The van der Waals surface area contributed by atoms with Gasteiger partial charge in [0, 0.05) is 11.6 Å². The molecule has 8 heteroatoms. The highest BCUT2D eigenvalue weighted by atomic mass is 32.1. The summed E-state index contributed by atoms with van der Waals surface area (Å²) in [7, 11) is 0. The molecular formula is C16H15N3O4S. The molecule has 2 aromatic carbocycles. The standard InChI is InChI=1S/C16H15N3O4S/c1-2-23-14-10-12(19(21)22)8-9-13(14)17-16(24)18-15(20)11-6-4-3-5-7-11/h3-10H,2H2,1H3,(H2,17,18,20,24). The van der Waals surface area contributed by atoms with Crippen LogP contribution in [0.3, 0.4) is 0 Å². The Kier molecular flexibility index (Phi) is 5.80. The lowest BCUT2D eigenvalue weighted by Crippen LogP contribution is -2.34. The maximum absolute atomic E-state index is 12.0. The molecule has 0 radical (unpaired) electrons. The molecule has 0 spiro atoms. The van der Waals surface area contributed by atoms with Crippen molar-refractivity contribution in [1.82, 2.24) is 5.32 Å². The van der Waals surface area contributed by atoms with E-state index in [1.54, 1.807) is 37.3 Å². The number of nitro groups is 1. The van der Waals surface area contributed by atoms with Crippen molar-refractivity contribution in [3.05, 3.63) is 64.2 Å². The molecule has 7 nitrogen and oxygen atoms in total. The summed E-state index contributed by atoms with van der Waals surface area (Å²) in [4.78, 5) is 22.4. The van der Waals surface area contributed by atoms with E-state index in [1.807, 2.05) is 0 Å². The summed E-state index contributed by atoms with van der Waals surface area (Å²) in [6.45, 7) is 2.09. The van der Waals surface area contributed by atoms with Crippen LogP contribution in [0, 0.1) is 10.1 Å². The van der Waals surface area contributed by atoms with Gasteiger partial charge in [0.2, 0.25) is 0 Å². The third-order valence-electron chi connectivity index (χ3n) is 2.99. The van der Waals surface area contributed by atoms with E-state index in [0.29, 0.717) is 17.9 Å². The third kappa shape index (κ3) is 4.50. The van der Waals surface area contributed by atoms with E-state index >= 15 is 0 Å². The lowest BCUT2D eigenvalue weighted by Gasteiger charge is -2.13. The normalized spacial score (nSPS) is 9.88. The number of carbonyl (C=O) groups excluding carboxylic acids is 1. The highest BCUT2D eigenvalue weighted by molar-refractivity contribution is 7.80. The molecule has 0 bridgehead atoms. The summed E-state index contributed by atoms with van der Waals surface area (Å²) < 4.78 is 5.38. The number of hydrogen-bond acceptors (Lipinski definition) is 5. The minimum atomic E-state index is -0.512.